The van der Waals surface area contributed by atoms with Gasteiger partial charge < -0.3 is 4.90 Å². The minimum absolute atomic E-state index is 0.440. The third kappa shape index (κ3) is 5.39. The summed E-state index contributed by atoms with van der Waals surface area (Å²) < 4.78 is 0. The molecule has 10 aromatic rings. The monoisotopic (exact) mass is 737 g/mol. The molecule has 11 rings (SSSR count). The van der Waals surface area contributed by atoms with E-state index in [-0.39, 0.29) is 0 Å². The van der Waals surface area contributed by atoms with Gasteiger partial charge in [0.1, 0.15) is 0 Å². The van der Waals surface area contributed by atoms with Crippen LogP contribution in [0.2, 0.25) is 0 Å². The average molecular weight is 738 g/mol. The molecule has 1 aliphatic carbocycles. The van der Waals surface area contributed by atoms with E-state index in [1.807, 2.05) is 0 Å². The lowest BCUT2D eigenvalue weighted by Crippen LogP contribution is -2.28. The molecule has 0 spiro atoms. The summed E-state index contributed by atoms with van der Waals surface area (Å²) in [6.45, 7) is 0. The van der Waals surface area contributed by atoms with Gasteiger partial charge in [-0.2, -0.15) is 0 Å². The smallest absolute Gasteiger partial charge is 0.0713 e. The van der Waals surface area contributed by atoms with E-state index in [2.05, 4.69) is 241 Å². The molecule has 0 atom stereocenters. The fourth-order valence-corrected chi connectivity index (χ4v) is 9.55. The molecule has 0 amide bonds. The van der Waals surface area contributed by atoms with Crippen molar-refractivity contribution in [1.29, 1.82) is 0 Å². The molecule has 0 aromatic heterocycles. The molecular weight excluding hydrogens is 699 g/mol. The lowest BCUT2D eigenvalue weighted by Gasteiger charge is -2.34. The van der Waals surface area contributed by atoms with Gasteiger partial charge in [-0.15, -0.1) is 0 Å². The van der Waals surface area contributed by atoms with Gasteiger partial charge in [0.15, 0.2) is 0 Å². The molecule has 0 saturated heterocycles. The zero-order valence-electron chi connectivity index (χ0n) is 32.0. The Balaban J connectivity index is 1.06. The van der Waals surface area contributed by atoms with Crippen LogP contribution in [0.25, 0.3) is 54.9 Å². The highest BCUT2D eigenvalue weighted by molar-refractivity contribution is 6.01. The molecule has 0 aliphatic heterocycles. The van der Waals surface area contributed by atoms with Gasteiger partial charge in [0.2, 0.25) is 0 Å². The molecule has 1 aliphatic rings. The zero-order chi connectivity index (χ0) is 38.5. The number of nitrogens with zero attached hydrogens (tertiary/aromatic N) is 1. The van der Waals surface area contributed by atoms with Crippen LogP contribution in [-0.2, 0) is 5.41 Å². The molecule has 1 nitrogen and oxygen atoms in total. The van der Waals surface area contributed by atoms with Gasteiger partial charge >= 0.3 is 0 Å². The van der Waals surface area contributed by atoms with E-state index in [0.717, 1.165) is 17.1 Å². The first kappa shape index (κ1) is 33.8. The Labute approximate surface area is 339 Å². The molecule has 0 unspecified atom stereocenters. The Morgan fingerprint density at radius 1 is 0.293 bits per heavy atom. The Morgan fingerprint density at radius 3 is 1.60 bits per heavy atom. The van der Waals surface area contributed by atoms with E-state index in [4.69, 9.17) is 0 Å². The fourth-order valence-electron chi connectivity index (χ4n) is 9.55. The van der Waals surface area contributed by atoms with Gasteiger partial charge in [-0.05, 0) is 108 Å². The first-order valence-electron chi connectivity index (χ1n) is 20.1. The second-order valence-corrected chi connectivity index (χ2v) is 15.2. The van der Waals surface area contributed by atoms with Crippen molar-refractivity contribution in [3.8, 4) is 33.4 Å². The quantitative estimate of drug-likeness (QED) is 0.157. The number of anilines is 3. The van der Waals surface area contributed by atoms with Gasteiger partial charge in [0.05, 0.1) is 11.1 Å². The van der Waals surface area contributed by atoms with Crippen molar-refractivity contribution in [2.24, 2.45) is 0 Å². The van der Waals surface area contributed by atoms with Gasteiger partial charge in [0, 0.05) is 16.8 Å². The van der Waals surface area contributed by atoms with Crippen LogP contribution in [0.15, 0.2) is 237 Å². The van der Waals surface area contributed by atoms with Crippen molar-refractivity contribution in [3.63, 3.8) is 0 Å². The fraction of sp³-hybridized carbons (Fsp3) is 0.0175. The number of hydrogen-bond donors (Lipinski definition) is 0. The van der Waals surface area contributed by atoms with Crippen molar-refractivity contribution in [1.82, 2.24) is 0 Å². The Morgan fingerprint density at radius 2 is 0.845 bits per heavy atom. The van der Waals surface area contributed by atoms with Crippen LogP contribution in [0.3, 0.4) is 0 Å². The molecule has 0 fully saturated rings. The highest BCUT2D eigenvalue weighted by atomic mass is 15.1. The van der Waals surface area contributed by atoms with Crippen LogP contribution in [0, 0.1) is 0 Å². The summed E-state index contributed by atoms with van der Waals surface area (Å²) in [5.41, 5.74) is 15.5. The van der Waals surface area contributed by atoms with Crippen molar-refractivity contribution >= 4 is 38.6 Å². The van der Waals surface area contributed by atoms with E-state index >= 15 is 0 Å². The second-order valence-electron chi connectivity index (χ2n) is 15.2. The average Bonchev–Trinajstić information content (AvgIpc) is 3.60. The summed E-state index contributed by atoms with van der Waals surface area (Å²) in [6.07, 6.45) is 0. The molecule has 272 valence electrons. The van der Waals surface area contributed by atoms with Crippen LogP contribution in [0.4, 0.5) is 17.1 Å². The molecule has 10 aromatic carbocycles. The molecule has 0 bridgehead atoms. The summed E-state index contributed by atoms with van der Waals surface area (Å²) in [6, 6.07) is 86.8. The minimum atomic E-state index is -0.440. The van der Waals surface area contributed by atoms with Crippen molar-refractivity contribution in [3.05, 3.63) is 259 Å². The van der Waals surface area contributed by atoms with Crippen molar-refractivity contribution in [2.45, 2.75) is 5.41 Å². The molecule has 58 heavy (non-hydrogen) atoms. The zero-order valence-corrected chi connectivity index (χ0v) is 32.0. The van der Waals surface area contributed by atoms with Crippen LogP contribution in [-0.4, -0.2) is 0 Å². The number of benzene rings is 10. The summed E-state index contributed by atoms with van der Waals surface area (Å²) in [5, 5.41) is 4.92. The maximum absolute atomic E-state index is 2.44. The highest BCUT2D eigenvalue weighted by Gasteiger charge is 2.46. The van der Waals surface area contributed by atoms with Gasteiger partial charge in [0.25, 0.3) is 0 Å². The normalized spacial score (nSPS) is 12.6. The first-order chi connectivity index (χ1) is 28.8. The van der Waals surface area contributed by atoms with Crippen LogP contribution in [0.5, 0.6) is 0 Å². The number of hydrogen-bond acceptors (Lipinski definition) is 1. The third-order valence-corrected chi connectivity index (χ3v) is 12.1. The van der Waals surface area contributed by atoms with Crippen LogP contribution in [0.1, 0.15) is 22.3 Å². The van der Waals surface area contributed by atoms with Gasteiger partial charge in [-0.25, -0.2) is 0 Å². The first-order valence-corrected chi connectivity index (χ1v) is 20.1. The third-order valence-electron chi connectivity index (χ3n) is 12.1. The van der Waals surface area contributed by atoms with Crippen LogP contribution >= 0.6 is 0 Å². The van der Waals surface area contributed by atoms with E-state index in [1.165, 1.54) is 77.2 Å². The highest BCUT2D eigenvalue weighted by Crippen LogP contribution is 2.56. The second kappa shape index (κ2) is 13.9. The van der Waals surface area contributed by atoms with E-state index in [0.29, 0.717) is 0 Å². The summed E-state index contributed by atoms with van der Waals surface area (Å²) in [5.74, 6) is 0. The Kier molecular flexibility index (Phi) is 8.12. The SMILES string of the molecule is c1ccc(C2(c3ccccc3)c3ccccc3-c3ccc(-c4ccc(N(c5cccc(-c6cccc7ccccc67)c5)c5cccc6ccccc56)cc4)cc32)cc1. The van der Waals surface area contributed by atoms with Crippen LogP contribution < -0.4 is 4.90 Å². The maximum Gasteiger partial charge on any atom is 0.0713 e. The lowest BCUT2D eigenvalue weighted by atomic mass is 9.67. The molecular formula is C57H39N. The molecule has 0 radical (unpaired) electrons. The van der Waals surface area contributed by atoms with E-state index in [9.17, 15) is 0 Å². The topological polar surface area (TPSA) is 3.24 Å². The van der Waals surface area contributed by atoms with Crippen molar-refractivity contribution < 1.29 is 0 Å². The molecule has 0 saturated carbocycles. The molecule has 0 heterocycles. The lowest BCUT2D eigenvalue weighted by molar-refractivity contribution is 0.769. The minimum Gasteiger partial charge on any atom is -0.310 e. The Hall–Kier alpha value is -7.48. The van der Waals surface area contributed by atoms with Gasteiger partial charge in [-0.3, -0.25) is 0 Å². The molecule has 1 heteroatoms. The largest absolute Gasteiger partial charge is 0.310 e. The maximum atomic E-state index is 2.44. The summed E-state index contributed by atoms with van der Waals surface area (Å²) in [7, 11) is 0. The van der Waals surface area contributed by atoms with E-state index in [1.54, 1.807) is 0 Å². The number of fused-ring (bicyclic) bond motifs is 5. The number of rotatable bonds is 7. The predicted octanol–water partition coefficient (Wildman–Crippen LogP) is 15.2. The van der Waals surface area contributed by atoms with Gasteiger partial charge in [-0.1, -0.05) is 200 Å². The van der Waals surface area contributed by atoms with E-state index < -0.39 is 5.41 Å². The summed E-state index contributed by atoms with van der Waals surface area (Å²) >= 11 is 0. The Bertz CT molecular complexity index is 3060. The predicted molar refractivity (Wildman–Crippen MR) is 244 cm³/mol. The standard InChI is InChI=1S/C57H39N/c1-3-21-45(22-4-1)57(46-23-5-2-6-24-46)54-30-12-11-28-52(54)53-37-34-43(39-55(53)57)40-32-35-47(36-33-40)58(56-31-15-19-42-17-8-10-27-51(42)56)48-25-13-20-44(38-48)50-29-14-18-41-16-7-9-26-49(41)50/h1-39H. The van der Waals surface area contributed by atoms with Crippen molar-refractivity contribution in [2.75, 3.05) is 4.90 Å². The summed E-state index contributed by atoms with van der Waals surface area (Å²) in [4.78, 5) is 2.41. The molecule has 0 N–H and O–H groups in total.